The van der Waals surface area contributed by atoms with Crippen molar-refractivity contribution >= 4 is 0 Å². The quantitative estimate of drug-likeness (QED) is 0.661. The third-order valence-corrected chi connectivity index (χ3v) is 3.16. The van der Waals surface area contributed by atoms with E-state index in [4.69, 9.17) is 4.74 Å². The lowest BCUT2D eigenvalue weighted by atomic mass is 9.85. The Morgan fingerprint density at radius 3 is 2.67 bits per heavy atom. The van der Waals surface area contributed by atoms with E-state index in [0.29, 0.717) is 5.92 Å². The van der Waals surface area contributed by atoms with Crippen LogP contribution in [0.2, 0.25) is 0 Å². The third kappa shape index (κ3) is 5.50. The third-order valence-electron chi connectivity index (χ3n) is 3.16. The number of rotatable bonds is 6. The SMILES string of the molecule is CCNCCC(C)(O)CC1CCOCC1. The molecule has 90 valence electrons. The molecule has 1 heterocycles. The van der Waals surface area contributed by atoms with Gasteiger partial charge in [-0.3, -0.25) is 0 Å². The first-order valence-corrected chi connectivity index (χ1v) is 6.15. The first-order chi connectivity index (χ1) is 7.14. The molecule has 0 aliphatic carbocycles. The smallest absolute Gasteiger partial charge is 0.0634 e. The fourth-order valence-electron chi connectivity index (χ4n) is 2.21. The van der Waals surface area contributed by atoms with E-state index in [-0.39, 0.29) is 0 Å². The minimum absolute atomic E-state index is 0.510. The van der Waals surface area contributed by atoms with Gasteiger partial charge in [-0.05, 0) is 51.6 Å². The van der Waals surface area contributed by atoms with Gasteiger partial charge in [-0.1, -0.05) is 6.92 Å². The van der Waals surface area contributed by atoms with Crippen molar-refractivity contribution in [1.29, 1.82) is 0 Å². The van der Waals surface area contributed by atoms with Crippen LogP contribution in [0.25, 0.3) is 0 Å². The summed E-state index contributed by atoms with van der Waals surface area (Å²) in [6.45, 7) is 7.68. The summed E-state index contributed by atoms with van der Waals surface area (Å²) in [7, 11) is 0. The number of hydrogen-bond donors (Lipinski definition) is 2. The van der Waals surface area contributed by atoms with Crippen LogP contribution in [0.4, 0.5) is 0 Å². The van der Waals surface area contributed by atoms with E-state index in [9.17, 15) is 5.11 Å². The summed E-state index contributed by atoms with van der Waals surface area (Å²) in [4.78, 5) is 0. The highest BCUT2D eigenvalue weighted by molar-refractivity contribution is 4.79. The number of ether oxygens (including phenoxy) is 1. The fraction of sp³-hybridized carbons (Fsp3) is 1.00. The summed E-state index contributed by atoms with van der Waals surface area (Å²) in [5.74, 6) is 0.648. The number of hydrogen-bond acceptors (Lipinski definition) is 3. The van der Waals surface area contributed by atoms with Crippen LogP contribution in [0.3, 0.4) is 0 Å². The highest BCUT2D eigenvalue weighted by Crippen LogP contribution is 2.26. The van der Waals surface area contributed by atoms with Crippen LogP contribution in [-0.4, -0.2) is 37.0 Å². The molecular formula is C12H25NO2. The molecule has 0 spiro atoms. The minimum Gasteiger partial charge on any atom is -0.390 e. The van der Waals surface area contributed by atoms with Gasteiger partial charge in [-0.15, -0.1) is 0 Å². The molecule has 3 nitrogen and oxygen atoms in total. The maximum atomic E-state index is 10.2. The van der Waals surface area contributed by atoms with Crippen molar-refractivity contribution in [3.05, 3.63) is 0 Å². The molecule has 1 fully saturated rings. The van der Waals surface area contributed by atoms with Crippen molar-refractivity contribution in [1.82, 2.24) is 5.32 Å². The molecule has 1 aliphatic rings. The monoisotopic (exact) mass is 215 g/mol. The Morgan fingerprint density at radius 2 is 2.07 bits per heavy atom. The predicted octanol–water partition coefficient (Wildman–Crippen LogP) is 1.55. The largest absolute Gasteiger partial charge is 0.390 e. The zero-order chi connectivity index (χ0) is 11.1. The summed E-state index contributed by atoms with van der Waals surface area (Å²) in [5, 5.41) is 13.5. The molecule has 0 aromatic heterocycles. The molecule has 1 rings (SSSR count). The first-order valence-electron chi connectivity index (χ1n) is 6.15. The van der Waals surface area contributed by atoms with Crippen LogP contribution in [-0.2, 0) is 4.74 Å². The van der Waals surface area contributed by atoms with Crippen molar-refractivity contribution in [2.75, 3.05) is 26.3 Å². The lowest BCUT2D eigenvalue weighted by Crippen LogP contribution is -2.33. The average Bonchev–Trinajstić information content (AvgIpc) is 2.18. The summed E-state index contributed by atoms with van der Waals surface area (Å²) in [6.07, 6.45) is 3.98. The predicted molar refractivity (Wildman–Crippen MR) is 61.9 cm³/mol. The van der Waals surface area contributed by atoms with Crippen molar-refractivity contribution in [3.8, 4) is 0 Å². The summed E-state index contributed by atoms with van der Waals surface area (Å²) >= 11 is 0. The van der Waals surface area contributed by atoms with E-state index in [1.807, 2.05) is 6.92 Å². The van der Waals surface area contributed by atoms with Gasteiger partial charge < -0.3 is 15.2 Å². The maximum Gasteiger partial charge on any atom is 0.0634 e. The summed E-state index contributed by atoms with van der Waals surface area (Å²) in [6, 6.07) is 0. The standard InChI is InChI=1S/C12H25NO2/c1-3-13-7-6-12(2,14)10-11-4-8-15-9-5-11/h11,13-14H,3-10H2,1-2H3. The van der Waals surface area contributed by atoms with E-state index >= 15 is 0 Å². The lowest BCUT2D eigenvalue weighted by molar-refractivity contribution is -0.00458. The Morgan fingerprint density at radius 1 is 1.40 bits per heavy atom. The Bertz CT molecular complexity index is 165. The molecule has 1 unspecified atom stereocenters. The van der Waals surface area contributed by atoms with Gasteiger partial charge in [-0.2, -0.15) is 0 Å². The van der Waals surface area contributed by atoms with Crippen LogP contribution >= 0.6 is 0 Å². The van der Waals surface area contributed by atoms with Gasteiger partial charge in [0.15, 0.2) is 0 Å². The normalized spacial score (nSPS) is 22.6. The second kappa shape index (κ2) is 6.46. The Balaban J connectivity index is 2.20. The first kappa shape index (κ1) is 12.9. The molecule has 0 radical (unpaired) electrons. The molecule has 0 bridgehead atoms. The Hall–Kier alpha value is -0.120. The van der Waals surface area contributed by atoms with Crippen molar-refractivity contribution in [2.45, 2.75) is 45.1 Å². The van der Waals surface area contributed by atoms with Gasteiger partial charge in [0.05, 0.1) is 5.60 Å². The van der Waals surface area contributed by atoms with Gasteiger partial charge >= 0.3 is 0 Å². The van der Waals surface area contributed by atoms with E-state index < -0.39 is 5.60 Å². The van der Waals surface area contributed by atoms with Crippen LogP contribution in [0.1, 0.15) is 39.5 Å². The van der Waals surface area contributed by atoms with Gasteiger partial charge in [-0.25, -0.2) is 0 Å². The summed E-state index contributed by atoms with van der Waals surface area (Å²) in [5.41, 5.74) is -0.510. The van der Waals surface area contributed by atoms with E-state index in [2.05, 4.69) is 12.2 Å². The Labute approximate surface area is 93.2 Å². The molecule has 1 atom stereocenters. The van der Waals surface area contributed by atoms with Crippen LogP contribution in [0.5, 0.6) is 0 Å². The highest BCUT2D eigenvalue weighted by Gasteiger charge is 2.26. The minimum atomic E-state index is -0.510. The van der Waals surface area contributed by atoms with Crippen LogP contribution < -0.4 is 5.32 Å². The van der Waals surface area contributed by atoms with Gasteiger partial charge in [0, 0.05) is 13.2 Å². The molecule has 1 saturated heterocycles. The van der Waals surface area contributed by atoms with Crippen LogP contribution in [0.15, 0.2) is 0 Å². The molecule has 0 amide bonds. The van der Waals surface area contributed by atoms with Crippen molar-refractivity contribution in [2.24, 2.45) is 5.92 Å². The highest BCUT2D eigenvalue weighted by atomic mass is 16.5. The second-order valence-electron chi connectivity index (χ2n) is 4.86. The molecular weight excluding hydrogens is 190 g/mol. The number of aliphatic hydroxyl groups is 1. The topological polar surface area (TPSA) is 41.5 Å². The van der Waals surface area contributed by atoms with Gasteiger partial charge in [0.1, 0.15) is 0 Å². The fourth-order valence-corrected chi connectivity index (χ4v) is 2.21. The summed E-state index contributed by atoms with van der Waals surface area (Å²) < 4.78 is 5.32. The van der Waals surface area contributed by atoms with Crippen LogP contribution in [0, 0.1) is 5.92 Å². The van der Waals surface area contributed by atoms with Crippen molar-refractivity contribution < 1.29 is 9.84 Å². The number of nitrogens with one attached hydrogen (secondary N) is 1. The molecule has 3 heteroatoms. The second-order valence-corrected chi connectivity index (χ2v) is 4.86. The average molecular weight is 215 g/mol. The molecule has 0 saturated carbocycles. The van der Waals surface area contributed by atoms with E-state index in [1.165, 1.54) is 0 Å². The lowest BCUT2D eigenvalue weighted by Gasteiger charge is -2.30. The Kier molecular flexibility index (Phi) is 5.58. The molecule has 0 aromatic carbocycles. The van der Waals surface area contributed by atoms with E-state index in [1.54, 1.807) is 0 Å². The van der Waals surface area contributed by atoms with Crippen molar-refractivity contribution in [3.63, 3.8) is 0 Å². The van der Waals surface area contributed by atoms with Gasteiger partial charge in [0.2, 0.25) is 0 Å². The van der Waals surface area contributed by atoms with E-state index in [0.717, 1.165) is 52.0 Å². The molecule has 0 aromatic rings. The molecule has 2 N–H and O–H groups in total. The maximum absolute atomic E-state index is 10.2. The zero-order valence-corrected chi connectivity index (χ0v) is 10.1. The molecule has 15 heavy (non-hydrogen) atoms. The molecule has 1 aliphatic heterocycles. The zero-order valence-electron chi connectivity index (χ0n) is 10.1. The van der Waals surface area contributed by atoms with Gasteiger partial charge in [0.25, 0.3) is 0 Å².